The smallest absolute Gasteiger partial charge is 0.220 e. The van der Waals surface area contributed by atoms with Gasteiger partial charge in [-0.15, -0.1) is 5.54 Å². The third kappa shape index (κ3) is 5.54. The SMILES string of the molecule is Cc1nn(C)c(OC(C)CN)c1-c1ccc2c(c1)c(C#C[Si](C(C)C)(C(C)C)C(C)C)nn2C1CCCCO1. The lowest BCUT2D eigenvalue weighted by Crippen LogP contribution is -2.43. The van der Waals surface area contributed by atoms with Crippen LogP contribution in [0.15, 0.2) is 18.2 Å². The Morgan fingerprint density at radius 3 is 2.36 bits per heavy atom. The minimum atomic E-state index is -1.93. The van der Waals surface area contributed by atoms with Gasteiger partial charge in [-0.05, 0) is 67.4 Å². The summed E-state index contributed by atoms with van der Waals surface area (Å²) in [5.74, 6) is 4.37. The van der Waals surface area contributed by atoms with E-state index in [9.17, 15) is 0 Å². The van der Waals surface area contributed by atoms with Crippen LogP contribution in [0.2, 0.25) is 16.6 Å². The van der Waals surface area contributed by atoms with Gasteiger partial charge in [-0.2, -0.15) is 10.2 Å². The molecule has 212 valence electrons. The Morgan fingerprint density at radius 1 is 1.08 bits per heavy atom. The molecule has 2 unspecified atom stereocenters. The first-order valence-corrected chi connectivity index (χ1v) is 16.8. The summed E-state index contributed by atoms with van der Waals surface area (Å²) in [6.07, 6.45) is 3.03. The Hall–Kier alpha value is -2.60. The fourth-order valence-electron chi connectivity index (χ4n) is 6.47. The number of nitrogens with zero attached hydrogens (tertiary/aromatic N) is 4. The molecule has 2 aromatic heterocycles. The number of fused-ring (bicyclic) bond motifs is 1. The fourth-order valence-corrected chi connectivity index (χ4v) is 11.7. The first-order valence-electron chi connectivity index (χ1n) is 14.6. The molecule has 1 fully saturated rings. The maximum atomic E-state index is 6.23. The van der Waals surface area contributed by atoms with Gasteiger partial charge in [0.15, 0.2) is 6.23 Å². The standard InChI is InChI=1S/C31H47N5O2Si/c1-20(2)39(21(3)4,22(5)6)17-15-27-26-18-25(30-24(8)33-35(9)31(30)38-23(7)19-32)13-14-28(26)36(34-27)29-12-10-11-16-37-29/h13-14,18,20-23,29H,10-12,16,19,32H2,1-9H3. The maximum Gasteiger partial charge on any atom is 0.220 e. The normalized spacial score (nSPS) is 17.2. The summed E-state index contributed by atoms with van der Waals surface area (Å²) < 4.78 is 16.3. The monoisotopic (exact) mass is 549 g/mol. The number of aromatic nitrogens is 4. The topological polar surface area (TPSA) is 80.1 Å². The summed E-state index contributed by atoms with van der Waals surface area (Å²) in [7, 11) is -0.0159. The molecule has 8 heteroatoms. The van der Waals surface area contributed by atoms with Crippen LogP contribution in [-0.2, 0) is 11.8 Å². The number of nitrogens with two attached hydrogens (primary N) is 1. The van der Waals surface area contributed by atoms with Gasteiger partial charge in [-0.25, -0.2) is 9.36 Å². The lowest BCUT2D eigenvalue weighted by atomic mass is 10.0. The highest BCUT2D eigenvalue weighted by Crippen LogP contribution is 2.41. The first kappa shape index (κ1) is 29.4. The van der Waals surface area contributed by atoms with Crippen LogP contribution in [0.5, 0.6) is 5.88 Å². The molecule has 0 aliphatic carbocycles. The van der Waals surface area contributed by atoms with E-state index >= 15 is 0 Å². The molecule has 7 nitrogen and oxygen atoms in total. The van der Waals surface area contributed by atoms with Crippen molar-refractivity contribution in [2.75, 3.05) is 13.2 Å². The number of benzene rings is 1. The van der Waals surface area contributed by atoms with Crippen LogP contribution in [0, 0.1) is 18.4 Å². The van der Waals surface area contributed by atoms with E-state index in [4.69, 9.17) is 20.3 Å². The van der Waals surface area contributed by atoms with Crippen LogP contribution >= 0.6 is 0 Å². The molecule has 1 aromatic carbocycles. The zero-order chi connectivity index (χ0) is 28.5. The second-order valence-electron chi connectivity index (χ2n) is 12.0. The molecule has 1 aliphatic rings. The molecule has 4 rings (SSSR count). The van der Waals surface area contributed by atoms with Gasteiger partial charge in [-0.1, -0.05) is 53.5 Å². The summed E-state index contributed by atoms with van der Waals surface area (Å²) in [5, 5.41) is 10.8. The van der Waals surface area contributed by atoms with Crippen LogP contribution in [0.4, 0.5) is 0 Å². The molecule has 2 atom stereocenters. The largest absolute Gasteiger partial charge is 0.473 e. The molecule has 0 spiro atoms. The van der Waals surface area contributed by atoms with Crippen molar-refractivity contribution in [1.82, 2.24) is 19.6 Å². The second kappa shape index (κ2) is 11.9. The molecule has 1 saturated heterocycles. The van der Waals surface area contributed by atoms with E-state index in [2.05, 4.69) is 81.0 Å². The number of aryl methyl sites for hydroxylation is 2. The van der Waals surface area contributed by atoms with Gasteiger partial charge < -0.3 is 15.2 Å². The summed E-state index contributed by atoms with van der Waals surface area (Å²) in [6.45, 7) is 19.3. The summed E-state index contributed by atoms with van der Waals surface area (Å²) >= 11 is 0. The van der Waals surface area contributed by atoms with Crippen molar-refractivity contribution in [3.05, 3.63) is 29.6 Å². The van der Waals surface area contributed by atoms with Gasteiger partial charge >= 0.3 is 0 Å². The van der Waals surface area contributed by atoms with Crippen molar-refractivity contribution in [3.63, 3.8) is 0 Å². The Morgan fingerprint density at radius 2 is 1.77 bits per heavy atom. The average molecular weight is 550 g/mol. The van der Waals surface area contributed by atoms with Crippen molar-refractivity contribution >= 4 is 19.0 Å². The minimum Gasteiger partial charge on any atom is -0.473 e. The van der Waals surface area contributed by atoms with Crippen LogP contribution in [-0.4, -0.2) is 46.9 Å². The van der Waals surface area contributed by atoms with Crippen LogP contribution in [0.3, 0.4) is 0 Å². The zero-order valence-electron chi connectivity index (χ0n) is 25.3. The summed E-state index contributed by atoms with van der Waals surface area (Å²) in [6, 6.07) is 6.50. The number of rotatable bonds is 8. The third-order valence-corrected chi connectivity index (χ3v) is 14.8. The molecule has 0 saturated carbocycles. The van der Waals surface area contributed by atoms with Crippen molar-refractivity contribution in [2.45, 2.75) is 104 Å². The molecule has 0 radical (unpaired) electrons. The summed E-state index contributed by atoms with van der Waals surface area (Å²) in [5.41, 5.74) is 16.3. The van der Waals surface area contributed by atoms with Gasteiger partial charge in [0.2, 0.25) is 5.88 Å². The van der Waals surface area contributed by atoms with Crippen molar-refractivity contribution < 1.29 is 9.47 Å². The van der Waals surface area contributed by atoms with Crippen LogP contribution < -0.4 is 10.5 Å². The Kier molecular flexibility index (Phi) is 8.94. The van der Waals surface area contributed by atoms with E-state index in [1.165, 1.54) is 0 Å². The highest BCUT2D eigenvalue weighted by Gasteiger charge is 2.41. The molecular formula is C31H47N5O2Si. The molecule has 1 aliphatic heterocycles. The molecule has 3 aromatic rings. The average Bonchev–Trinajstić information content (AvgIpc) is 3.39. The van der Waals surface area contributed by atoms with E-state index in [0.717, 1.165) is 65.2 Å². The molecule has 0 bridgehead atoms. The predicted molar refractivity (Wildman–Crippen MR) is 163 cm³/mol. The molecule has 2 N–H and O–H groups in total. The van der Waals surface area contributed by atoms with Gasteiger partial charge in [0, 0.05) is 25.6 Å². The Bertz CT molecular complexity index is 1330. The third-order valence-electron chi connectivity index (χ3n) is 8.50. The molecule has 3 heterocycles. The van der Waals surface area contributed by atoms with Gasteiger partial charge in [0.05, 0.1) is 16.8 Å². The Balaban J connectivity index is 1.92. The fraction of sp³-hybridized carbons (Fsp3) is 0.613. The van der Waals surface area contributed by atoms with Gasteiger partial charge in [0.25, 0.3) is 0 Å². The van der Waals surface area contributed by atoms with E-state index in [1.807, 2.05) is 20.9 Å². The predicted octanol–water partition coefficient (Wildman–Crippen LogP) is 6.74. The highest BCUT2D eigenvalue weighted by atomic mass is 28.3. The second-order valence-corrected chi connectivity index (χ2v) is 17.6. The quantitative estimate of drug-likeness (QED) is 0.249. The molecule has 0 amide bonds. The van der Waals surface area contributed by atoms with E-state index in [1.54, 1.807) is 4.68 Å². The maximum absolute atomic E-state index is 6.23. The lowest BCUT2D eigenvalue weighted by molar-refractivity contribution is -0.0367. The van der Waals surface area contributed by atoms with Gasteiger partial charge in [-0.3, -0.25) is 0 Å². The van der Waals surface area contributed by atoms with E-state index < -0.39 is 8.07 Å². The first-order chi connectivity index (χ1) is 18.5. The number of hydrogen-bond donors (Lipinski definition) is 1. The van der Waals surface area contributed by atoms with Crippen LogP contribution in [0.25, 0.3) is 22.0 Å². The number of ether oxygens (including phenoxy) is 2. The number of hydrogen-bond acceptors (Lipinski definition) is 5. The highest BCUT2D eigenvalue weighted by molar-refractivity contribution is 6.90. The van der Waals surface area contributed by atoms with Crippen LogP contribution in [0.1, 0.15) is 85.3 Å². The van der Waals surface area contributed by atoms with E-state index in [0.29, 0.717) is 23.2 Å². The minimum absolute atomic E-state index is 0.0608. The van der Waals surface area contributed by atoms with Crippen molar-refractivity contribution in [3.8, 4) is 28.5 Å². The molecular weight excluding hydrogens is 502 g/mol. The van der Waals surface area contributed by atoms with Gasteiger partial charge in [0.1, 0.15) is 19.9 Å². The lowest BCUT2D eigenvalue weighted by Gasteiger charge is -2.38. The van der Waals surface area contributed by atoms with E-state index in [-0.39, 0.29) is 12.3 Å². The van der Waals surface area contributed by atoms with Crippen molar-refractivity contribution in [1.29, 1.82) is 0 Å². The van der Waals surface area contributed by atoms with Crippen molar-refractivity contribution in [2.24, 2.45) is 12.8 Å². The zero-order valence-corrected chi connectivity index (χ0v) is 26.3. The molecule has 39 heavy (non-hydrogen) atoms. The Labute approximate surface area is 235 Å². The summed E-state index contributed by atoms with van der Waals surface area (Å²) in [4.78, 5) is 0.